The van der Waals surface area contributed by atoms with E-state index in [0.717, 1.165) is 42.1 Å². The molecule has 6 nitrogen and oxygen atoms in total. The molecular formula is C19H26N2O4S2. The lowest BCUT2D eigenvalue weighted by molar-refractivity contribution is 0.0544. The standard InChI is InChI=1S/C19H26N2O4S2/c1-3-24-18(23)21-9-7-20(8-10-21)17(22)16-13(2)15-14(25-16)5-4-6-19(15)26-11-12-27-19/h3-12H2,1-2H3. The molecule has 0 bridgehead atoms. The lowest BCUT2D eigenvalue weighted by Crippen LogP contribution is -2.50. The highest BCUT2D eigenvalue weighted by molar-refractivity contribution is 8.20. The van der Waals surface area contributed by atoms with Crippen molar-refractivity contribution in [2.45, 2.75) is 37.2 Å². The lowest BCUT2D eigenvalue weighted by Gasteiger charge is -2.33. The van der Waals surface area contributed by atoms with Crippen molar-refractivity contribution in [1.29, 1.82) is 0 Å². The summed E-state index contributed by atoms with van der Waals surface area (Å²) >= 11 is 4.02. The first-order chi connectivity index (χ1) is 13.1. The average molecular weight is 411 g/mol. The molecular weight excluding hydrogens is 384 g/mol. The van der Waals surface area contributed by atoms with Crippen molar-refractivity contribution in [3.63, 3.8) is 0 Å². The zero-order valence-electron chi connectivity index (χ0n) is 15.9. The second-order valence-electron chi connectivity index (χ2n) is 7.14. The molecule has 8 heteroatoms. The minimum Gasteiger partial charge on any atom is -0.455 e. The molecule has 1 aromatic heterocycles. The van der Waals surface area contributed by atoms with Crippen LogP contribution in [-0.4, -0.2) is 66.1 Å². The van der Waals surface area contributed by atoms with Crippen molar-refractivity contribution >= 4 is 35.5 Å². The number of piperazine rings is 1. The SMILES string of the molecule is CCOC(=O)N1CCN(C(=O)c2oc3c(c2C)C2(CCC3)SCCS2)CC1. The summed E-state index contributed by atoms with van der Waals surface area (Å²) in [7, 11) is 0. The third-order valence-electron chi connectivity index (χ3n) is 5.55. The van der Waals surface area contributed by atoms with E-state index in [1.54, 1.807) is 16.7 Å². The van der Waals surface area contributed by atoms with E-state index in [0.29, 0.717) is 38.5 Å². The number of hydrogen-bond donors (Lipinski definition) is 0. The fourth-order valence-electron chi connectivity index (χ4n) is 4.25. The second kappa shape index (κ2) is 7.62. The molecule has 3 heterocycles. The Labute approximate surface area is 168 Å². The van der Waals surface area contributed by atoms with E-state index in [1.807, 2.05) is 30.4 Å². The summed E-state index contributed by atoms with van der Waals surface area (Å²) in [6.07, 6.45) is 2.89. The van der Waals surface area contributed by atoms with Crippen molar-refractivity contribution < 1.29 is 18.7 Å². The van der Waals surface area contributed by atoms with Crippen LogP contribution in [0.3, 0.4) is 0 Å². The Kier molecular flexibility index (Phi) is 5.38. The number of amides is 2. The quantitative estimate of drug-likeness (QED) is 0.744. The minimum absolute atomic E-state index is 0.0476. The van der Waals surface area contributed by atoms with Gasteiger partial charge >= 0.3 is 6.09 Å². The van der Waals surface area contributed by atoms with E-state index in [9.17, 15) is 9.59 Å². The predicted octanol–water partition coefficient (Wildman–Crippen LogP) is 3.47. The van der Waals surface area contributed by atoms with Crippen LogP contribution in [-0.2, 0) is 15.2 Å². The number of carbonyl (C=O) groups excluding carboxylic acids is 2. The molecule has 4 rings (SSSR count). The average Bonchev–Trinajstić information content (AvgIpc) is 3.27. The van der Waals surface area contributed by atoms with Gasteiger partial charge in [0.2, 0.25) is 0 Å². The molecule has 0 aromatic carbocycles. The van der Waals surface area contributed by atoms with Crippen LogP contribution in [0.25, 0.3) is 0 Å². The first-order valence-electron chi connectivity index (χ1n) is 9.67. The molecule has 0 saturated carbocycles. The van der Waals surface area contributed by atoms with E-state index in [-0.39, 0.29) is 16.1 Å². The van der Waals surface area contributed by atoms with Gasteiger partial charge in [-0.25, -0.2) is 4.79 Å². The molecule has 0 unspecified atom stereocenters. The zero-order chi connectivity index (χ0) is 19.0. The molecule has 2 saturated heterocycles. The van der Waals surface area contributed by atoms with Crippen LogP contribution in [0.15, 0.2) is 4.42 Å². The van der Waals surface area contributed by atoms with Crippen LogP contribution >= 0.6 is 23.5 Å². The first kappa shape index (κ1) is 19.1. The molecule has 0 atom stereocenters. The fraction of sp³-hybridized carbons (Fsp3) is 0.684. The summed E-state index contributed by atoms with van der Waals surface area (Å²) in [5, 5.41) is 0. The van der Waals surface area contributed by atoms with Gasteiger partial charge in [0.25, 0.3) is 5.91 Å². The Balaban J connectivity index is 1.51. The topological polar surface area (TPSA) is 63.0 Å². The van der Waals surface area contributed by atoms with Gasteiger partial charge < -0.3 is 19.0 Å². The molecule has 2 amide bonds. The second-order valence-corrected chi connectivity index (χ2v) is 10.2. The molecule has 2 aliphatic heterocycles. The first-order valence-corrected chi connectivity index (χ1v) is 11.6. The minimum atomic E-state index is -0.300. The number of ether oxygens (including phenoxy) is 1. The molecule has 1 aromatic rings. The van der Waals surface area contributed by atoms with E-state index < -0.39 is 0 Å². The van der Waals surface area contributed by atoms with Crippen LogP contribution in [0.4, 0.5) is 4.79 Å². The summed E-state index contributed by atoms with van der Waals surface area (Å²) in [5.74, 6) is 3.78. The summed E-state index contributed by atoms with van der Waals surface area (Å²) in [5.41, 5.74) is 2.29. The number of rotatable bonds is 2. The van der Waals surface area contributed by atoms with Gasteiger partial charge in [-0.3, -0.25) is 4.79 Å². The van der Waals surface area contributed by atoms with Crippen molar-refractivity contribution in [3.8, 4) is 0 Å². The monoisotopic (exact) mass is 410 g/mol. The molecule has 1 spiro atoms. The van der Waals surface area contributed by atoms with Crippen LogP contribution in [0, 0.1) is 6.92 Å². The summed E-state index contributed by atoms with van der Waals surface area (Å²) in [6, 6.07) is 0. The highest BCUT2D eigenvalue weighted by atomic mass is 32.2. The van der Waals surface area contributed by atoms with Gasteiger partial charge in [-0.05, 0) is 26.7 Å². The summed E-state index contributed by atoms with van der Waals surface area (Å²) < 4.78 is 11.3. The van der Waals surface area contributed by atoms with Crippen LogP contribution in [0.5, 0.6) is 0 Å². The molecule has 148 valence electrons. The molecule has 0 N–H and O–H groups in total. The van der Waals surface area contributed by atoms with Gasteiger partial charge in [0.15, 0.2) is 5.76 Å². The van der Waals surface area contributed by atoms with E-state index in [4.69, 9.17) is 9.15 Å². The Bertz CT molecular complexity index is 734. The zero-order valence-corrected chi connectivity index (χ0v) is 17.5. The number of nitrogens with zero attached hydrogens (tertiary/aromatic N) is 2. The molecule has 0 radical (unpaired) electrons. The van der Waals surface area contributed by atoms with Crippen molar-refractivity contribution in [1.82, 2.24) is 9.80 Å². The van der Waals surface area contributed by atoms with E-state index in [2.05, 4.69) is 0 Å². The van der Waals surface area contributed by atoms with Crippen molar-refractivity contribution in [3.05, 3.63) is 22.6 Å². The Morgan fingerprint density at radius 2 is 1.81 bits per heavy atom. The third-order valence-corrected chi connectivity index (χ3v) is 9.08. The number of carbonyl (C=O) groups is 2. The molecule has 1 aliphatic carbocycles. The highest BCUT2D eigenvalue weighted by Crippen LogP contribution is 2.59. The maximum Gasteiger partial charge on any atom is 0.409 e. The fourth-order valence-corrected chi connectivity index (χ4v) is 7.81. The van der Waals surface area contributed by atoms with Crippen molar-refractivity contribution in [2.75, 3.05) is 44.3 Å². The van der Waals surface area contributed by atoms with Crippen LogP contribution in [0.2, 0.25) is 0 Å². The number of hydrogen-bond acceptors (Lipinski definition) is 6. The van der Waals surface area contributed by atoms with Crippen LogP contribution in [0.1, 0.15) is 47.2 Å². The molecule has 27 heavy (non-hydrogen) atoms. The Morgan fingerprint density at radius 3 is 2.48 bits per heavy atom. The summed E-state index contributed by atoms with van der Waals surface area (Å²) in [4.78, 5) is 28.4. The maximum absolute atomic E-state index is 13.1. The van der Waals surface area contributed by atoms with Crippen molar-refractivity contribution in [2.24, 2.45) is 0 Å². The van der Waals surface area contributed by atoms with E-state index in [1.165, 1.54) is 5.56 Å². The number of furan rings is 1. The predicted molar refractivity (Wildman–Crippen MR) is 107 cm³/mol. The third kappa shape index (κ3) is 3.35. The van der Waals surface area contributed by atoms with Gasteiger partial charge in [0, 0.05) is 55.2 Å². The maximum atomic E-state index is 13.1. The molecule has 3 aliphatic rings. The van der Waals surface area contributed by atoms with Crippen LogP contribution < -0.4 is 0 Å². The number of aryl methyl sites for hydroxylation is 1. The summed E-state index contributed by atoms with van der Waals surface area (Å²) in [6.45, 7) is 6.23. The van der Waals surface area contributed by atoms with Gasteiger partial charge in [-0.1, -0.05) is 0 Å². The molecule has 2 fully saturated rings. The van der Waals surface area contributed by atoms with Gasteiger partial charge in [0.1, 0.15) is 5.76 Å². The lowest BCUT2D eigenvalue weighted by atomic mass is 9.94. The van der Waals surface area contributed by atoms with Gasteiger partial charge in [0.05, 0.1) is 10.7 Å². The Hall–Kier alpha value is -1.28. The smallest absolute Gasteiger partial charge is 0.409 e. The highest BCUT2D eigenvalue weighted by Gasteiger charge is 2.45. The largest absolute Gasteiger partial charge is 0.455 e. The van der Waals surface area contributed by atoms with E-state index >= 15 is 0 Å². The Morgan fingerprint density at radius 1 is 1.15 bits per heavy atom. The van der Waals surface area contributed by atoms with Gasteiger partial charge in [-0.2, -0.15) is 0 Å². The normalized spacial score (nSPS) is 21.4. The van der Waals surface area contributed by atoms with Gasteiger partial charge in [-0.15, -0.1) is 23.5 Å². The number of thioether (sulfide) groups is 2. The number of fused-ring (bicyclic) bond motifs is 2.